The maximum absolute atomic E-state index is 10.8. The fourth-order valence-corrected chi connectivity index (χ4v) is 1.78. The van der Waals surface area contributed by atoms with Gasteiger partial charge in [-0.15, -0.1) is 0 Å². The Kier molecular flexibility index (Phi) is 4.14. The normalized spacial score (nSPS) is 14.3. The van der Waals surface area contributed by atoms with Crippen LogP contribution in [0.4, 0.5) is 5.69 Å². The van der Waals surface area contributed by atoms with Crippen molar-refractivity contribution in [2.75, 3.05) is 20.2 Å². The Morgan fingerprint density at radius 2 is 2.30 bits per heavy atom. The Morgan fingerprint density at radius 3 is 2.85 bits per heavy atom. The molecule has 8 nitrogen and oxygen atoms in total. The van der Waals surface area contributed by atoms with Gasteiger partial charge in [0.2, 0.25) is 0 Å². The van der Waals surface area contributed by atoms with E-state index < -0.39 is 10.9 Å². The number of rotatable bonds is 7. The summed E-state index contributed by atoms with van der Waals surface area (Å²) in [6.07, 6.45) is 2.31. The van der Waals surface area contributed by atoms with Crippen LogP contribution >= 0.6 is 0 Å². The number of ether oxygens (including phenoxy) is 1. The van der Waals surface area contributed by atoms with Crippen LogP contribution in [0.3, 0.4) is 0 Å². The fraction of sp³-hybridized carbons (Fsp3) is 0.500. The third-order valence-electron chi connectivity index (χ3n) is 3.11. The molecule has 0 aromatic carbocycles. The van der Waals surface area contributed by atoms with E-state index in [0.717, 1.165) is 25.0 Å². The lowest BCUT2D eigenvalue weighted by Crippen LogP contribution is -2.26. The minimum absolute atomic E-state index is 0.226. The van der Waals surface area contributed by atoms with Gasteiger partial charge in [0.1, 0.15) is 6.61 Å². The molecule has 0 unspecified atom stereocenters. The standard InChI is InChI=1S/C12H15N3O5/c1-14(8-2-3-8)6-7-20-11-10(15(18)19)5-4-9(13-11)12(16)17/h4-5,8H,2-3,6-7H2,1H3,(H,16,17). The highest BCUT2D eigenvalue weighted by Gasteiger charge is 2.26. The van der Waals surface area contributed by atoms with Crippen molar-refractivity contribution < 1.29 is 19.6 Å². The van der Waals surface area contributed by atoms with E-state index >= 15 is 0 Å². The van der Waals surface area contributed by atoms with Crippen molar-refractivity contribution in [3.05, 3.63) is 27.9 Å². The van der Waals surface area contributed by atoms with E-state index in [9.17, 15) is 14.9 Å². The highest BCUT2D eigenvalue weighted by atomic mass is 16.6. The molecule has 1 aliphatic rings. The van der Waals surface area contributed by atoms with E-state index in [0.29, 0.717) is 12.6 Å². The zero-order chi connectivity index (χ0) is 14.7. The van der Waals surface area contributed by atoms with Gasteiger partial charge in [0.15, 0.2) is 5.69 Å². The molecule has 8 heteroatoms. The van der Waals surface area contributed by atoms with Gasteiger partial charge in [-0.2, -0.15) is 0 Å². The van der Waals surface area contributed by atoms with Crippen molar-refractivity contribution in [1.82, 2.24) is 9.88 Å². The molecule has 2 rings (SSSR count). The largest absolute Gasteiger partial charge is 0.477 e. The summed E-state index contributed by atoms with van der Waals surface area (Å²) in [5.74, 6) is -1.50. The quantitative estimate of drug-likeness (QED) is 0.590. The van der Waals surface area contributed by atoms with Crippen molar-refractivity contribution in [1.29, 1.82) is 0 Å². The first kappa shape index (κ1) is 14.2. The third kappa shape index (κ3) is 3.41. The number of hydrogen-bond acceptors (Lipinski definition) is 6. The first-order valence-corrected chi connectivity index (χ1v) is 6.21. The molecule has 1 aromatic rings. The summed E-state index contributed by atoms with van der Waals surface area (Å²) >= 11 is 0. The number of likely N-dealkylation sites (N-methyl/N-ethyl adjacent to an activating group) is 1. The van der Waals surface area contributed by atoms with E-state index in [2.05, 4.69) is 9.88 Å². The molecule has 0 radical (unpaired) electrons. The number of carbonyl (C=O) groups is 1. The highest BCUT2D eigenvalue weighted by Crippen LogP contribution is 2.26. The Balaban J connectivity index is 2.04. The van der Waals surface area contributed by atoms with Crippen LogP contribution < -0.4 is 4.74 Å². The maximum Gasteiger partial charge on any atom is 0.354 e. The van der Waals surface area contributed by atoms with Gasteiger partial charge in [-0.3, -0.25) is 10.1 Å². The molecule has 0 amide bonds. The number of pyridine rings is 1. The van der Waals surface area contributed by atoms with Crippen molar-refractivity contribution in [3.63, 3.8) is 0 Å². The molecule has 0 atom stereocenters. The second-order valence-electron chi connectivity index (χ2n) is 4.64. The molecule has 1 aromatic heterocycles. The molecule has 1 fully saturated rings. The van der Waals surface area contributed by atoms with Crippen molar-refractivity contribution in [2.45, 2.75) is 18.9 Å². The number of carboxylic acid groups (broad SMARTS) is 1. The smallest absolute Gasteiger partial charge is 0.354 e. The van der Waals surface area contributed by atoms with Crippen molar-refractivity contribution in [2.24, 2.45) is 0 Å². The number of aromatic nitrogens is 1. The molecule has 1 saturated carbocycles. The van der Waals surface area contributed by atoms with E-state index in [1.807, 2.05) is 7.05 Å². The van der Waals surface area contributed by atoms with Gasteiger partial charge in [-0.05, 0) is 26.0 Å². The maximum atomic E-state index is 10.8. The molecule has 108 valence electrons. The van der Waals surface area contributed by atoms with Gasteiger partial charge in [-0.1, -0.05) is 0 Å². The van der Waals surface area contributed by atoms with Crippen LogP contribution in [0.1, 0.15) is 23.3 Å². The Hall–Kier alpha value is -2.22. The van der Waals surface area contributed by atoms with Gasteiger partial charge in [0.05, 0.1) is 4.92 Å². The molecular weight excluding hydrogens is 266 g/mol. The van der Waals surface area contributed by atoms with Gasteiger partial charge < -0.3 is 14.7 Å². The third-order valence-corrected chi connectivity index (χ3v) is 3.11. The van der Waals surface area contributed by atoms with Crippen LogP contribution in [-0.4, -0.2) is 52.1 Å². The summed E-state index contributed by atoms with van der Waals surface area (Å²) in [4.78, 5) is 26.8. The second kappa shape index (κ2) is 5.83. The molecule has 0 bridgehead atoms. The predicted molar refractivity (Wildman–Crippen MR) is 69.0 cm³/mol. The molecule has 20 heavy (non-hydrogen) atoms. The average molecular weight is 281 g/mol. The van der Waals surface area contributed by atoms with Gasteiger partial charge >= 0.3 is 11.7 Å². The van der Waals surface area contributed by atoms with E-state index in [1.165, 1.54) is 0 Å². The summed E-state index contributed by atoms with van der Waals surface area (Å²) in [6, 6.07) is 2.74. The summed E-state index contributed by atoms with van der Waals surface area (Å²) in [5, 5.41) is 19.7. The molecule has 0 aliphatic heterocycles. The molecule has 0 saturated heterocycles. The zero-order valence-corrected chi connectivity index (χ0v) is 11.0. The Bertz CT molecular complexity index is 530. The Morgan fingerprint density at radius 1 is 1.60 bits per heavy atom. The first-order valence-electron chi connectivity index (χ1n) is 6.21. The number of nitro groups is 1. The first-order chi connectivity index (χ1) is 9.49. The molecule has 0 spiro atoms. The minimum atomic E-state index is -1.25. The SMILES string of the molecule is CN(CCOc1nc(C(=O)O)ccc1[N+](=O)[O-])C1CC1. The van der Waals surface area contributed by atoms with Crippen LogP contribution in [0, 0.1) is 10.1 Å². The van der Waals surface area contributed by atoms with Crippen LogP contribution in [0.15, 0.2) is 12.1 Å². The lowest BCUT2D eigenvalue weighted by Gasteiger charge is -2.15. The minimum Gasteiger partial charge on any atom is -0.477 e. The van der Waals surface area contributed by atoms with Crippen LogP contribution in [0.5, 0.6) is 5.88 Å². The lowest BCUT2D eigenvalue weighted by molar-refractivity contribution is -0.386. The van der Waals surface area contributed by atoms with E-state index in [1.54, 1.807) is 0 Å². The molecule has 1 N–H and O–H groups in total. The summed E-state index contributed by atoms with van der Waals surface area (Å²) < 4.78 is 5.28. The molecule has 1 heterocycles. The zero-order valence-electron chi connectivity index (χ0n) is 11.0. The topological polar surface area (TPSA) is 106 Å². The molecular formula is C12H15N3O5. The van der Waals surface area contributed by atoms with Crippen molar-refractivity contribution >= 4 is 11.7 Å². The second-order valence-corrected chi connectivity index (χ2v) is 4.64. The molecule has 1 aliphatic carbocycles. The lowest BCUT2D eigenvalue weighted by atomic mass is 10.3. The monoisotopic (exact) mass is 281 g/mol. The van der Waals surface area contributed by atoms with E-state index in [-0.39, 0.29) is 23.9 Å². The number of aromatic carboxylic acids is 1. The van der Waals surface area contributed by atoms with Crippen molar-refractivity contribution in [3.8, 4) is 5.88 Å². The summed E-state index contributed by atoms with van der Waals surface area (Å²) in [7, 11) is 1.95. The fourth-order valence-electron chi connectivity index (χ4n) is 1.78. The van der Waals surface area contributed by atoms with Gasteiger partial charge in [0.25, 0.3) is 5.88 Å². The summed E-state index contributed by atoms with van der Waals surface area (Å²) in [5.41, 5.74) is -0.606. The van der Waals surface area contributed by atoms with E-state index in [4.69, 9.17) is 9.84 Å². The predicted octanol–water partition coefficient (Wildman–Crippen LogP) is 1.16. The Labute approximate surface area is 115 Å². The summed E-state index contributed by atoms with van der Waals surface area (Å²) in [6.45, 7) is 0.838. The number of hydrogen-bond donors (Lipinski definition) is 1. The van der Waals surface area contributed by atoms with Gasteiger partial charge in [0, 0.05) is 18.7 Å². The highest BCUT2D eigenvalue weighted by molar-refractivity contribution is 5.85. The van der Waals surface area contributed by atoms with Crippen LogP contribution in [-0.2, 0) is 0 Å². The number of carboxylic acids is 1. The average Bonchev–Trinajstić information content (AvgIpc) is 3.22. The number of nitrogens with zero attached hydrogens (tertiary/aromatic N) is 3. The van der Waals surface area contributed by atoms with Crippen LogP contribution in [0.25, 0.3) is 0 Å². The van der Waals surface area contributed by atoms with Crippen LogP contribution in [0.2, 0.25) is 0 Å². The van der Waals surface area contributed by atoms with Gasteiger partial charge in [-0.25, -0.2) is 9.78 Å².